The van der Waals surface area contributed by atoms with Gasteiger partial charge in [0.2, 0.25) is 0 Å². The summed E-state index contributed by atoms with van der Waals surface area (Å²) in [6.07, 6.45) is 8.06. The van der Waals surface area contributed by atoms with Crippen molar-refractivity contribution in [2.75, 3.05) is 13.1 Å². The minimum absolute atomic E-state index is 0.200. The number of hydrogen-bond donors (Lipinski definition) is 0. The van der Waals surface area contributed by atoms with E-state index in [1.54, 1.807) is 0 Å². The van der Waals surface area contributed by atoms with Crippen LogP contribution in [0.15, 0.2) is 60.7 Å². The highest BCUT2D eigenvalue weighted by Crippen LogP contribution is 2.35. The second-order valence-electron chi connectivity index (χ2n) is 12.4. The fourth-order valence-corrected chi connectivity index (χ4v) is 6.88. The van der Waals surface area contributed by atoms with Crippen LogP contribution in [0, 0.1) is 0 Å². The first-order chi connectivity index (χ1) is 21.4. The SMILES string of the molecule is CCCCCCN1C(=O)c2cc3cc4cc5cc6cc7c(cc6cc5cc4cc3cc2C1=O)C(=O)N(CCCCCC)C7=O. The first-order valence-electron chi connectivity index (χ1n) is 16.0. The van der Waals surface area contributed by atoms with Crippen LogP contribution in [0.1, 0.15) is 107 Å². The lowest BCUT2D eigenvalue weighted by atomic mass is 9.94. The van der Waals surface area contributed by atoms with Gasteiger partial charge in [0.05, 0.1) is 22.3 Å². The summed E-state index contributed by atoms with van der Waals surface area (Å²) in [5.41, 5.74) is 1.93. The predicted molar refractivity (Wildman–Crippen MR) is 175 cm³/mol. The highest BCUT2D eigenvalue weighted by Gasteiger charge is 2.36. The first kappa shape index (κ1) is 28.2. The summed E-state index contributed by atoms with van der Waals surface area (Å²) in [6.45, 7) is 5.20. The molecular weight excluding hydrogens is 548 g/mol. The van der Waals surface area contributed by atoms with E-state index in [4.69, 9.17) is 0 Å². The van der Waals surface area contributed by atoms with E-state index in [0.717, 1.165) is 94.5 Å². The average Bonchev–Trinajstić information content (AvgIpc) is 3.39. The Balaban J connectivity index is 1.24. The standard InChI is InChI=1S/C38H36N2O4/c1-3-5-7-9-11-39-35(41)31-19-27-15-23-13-25-17-29-21-33-34(38(44)40(37(33)43)12-10-8-6-4-2)22-30(29)18-26(25)14-24(23)16-28(27)20-32(31)36(39)42/h13-22H,3-12H2,1-2H3. The number of carbonyl (C=O) groups is 4. The van der Waals surface area contributed by atoms with E-state index in [2.05, 4.69) is 50.2 Å². The maximum Gasteiger partial charge on any atom is 0.261 e. The number of imide groups is 2. The second-order valence-corrected chi connectivity index (χ2v) is 12.4. The average molecular weight is 585 g/mol. The highest BCUT2D eigenvalue weighted by molar-refractivity contribution is 6.25. The lowest BCUT2D eigenvalue weighted by molar-refractivity contribution is 0.0636. The molecule has 0 saturated carbocycles. The minimum atomic E-state index is -0.200. The number of hydrogen-bond acceptors (Lipinski definition) is 4. The van der Waals surface area contributed by atoms with Crippen molar-refractivity contribution in [2.24, 2.45) is 0 Å². The van der Waals surface area contributed by atoms with Crippen LogP contribution >= 0.6 is 0 Å². The molecule has 0 N–H and O–H groups in total. The molecule has 5 aromatic carbocycles. The summed E-state index contributed by atoms with van der Waals surface area (Å²) >= 11 is 0. The molecule has 6 nitrogen and oxygen atoms in total. The number of fused-ring (bicyclic) bond motifs is 6. The molecule has 0 saturated heterocycles. The van der Waals surface area contributed by atoms with Crippen LogP contribution < -0.4 is 0 Å². The number of nitrogens with zero attached hydrogens (tertiary/aromatic N) is 2. The van der Waals surface area contributed by atoms with Crippen LogP contribution in [-0.2, 0) is 0 Å². The maximum absolute atomic E-state index is 13.2. The van der Waals surface area contributed by atoms with Gasteiger partial charge in [-0.15, -0.1) is 0 Å². The molecule has 222 valence electrons. The van der Waals surface area contributed by atoms with Crippen LogP contribution in [0.2, 0.25) is 0 Å². The molecule has 0 aliphatic carbocycles. The number of benzene rings is 5. The molecule has 0 radical (unpaired) electrons. The molecule has 2 aliphatic rings. The van der Waals surface area contributed by atoms with E-state index >= 15 is 0 Å². The van der Waals surface area contributed by atoms with Gasteiger partial charge in [0.1, 0.15) is 0 Å². The van der Waals surface area contributed by atoms with Crippen molar-refractivity contribution in [1.82, 2.24) is 9.80 Å². The van der Waals surface area contributed by atoms with E-state index in [1.165, 1.54) is 9.80 Å². The van der Waals surface area contributed by atoms with Gasteiger partial charge in [-0.25, -0.2) is 0 Å². The van der Waals surface area contributed by atoms with Gasteiger partial charge in [-0.05, 0) is 117 Å². The molecule has 0 spiro atoms. The molecule has 0 atom stereocenters. The molecule has 6 heteroatoms. The third-order valence-electron chi connectivity index (χ3n) is 9.35. The third kappa shape index (κ3) is 4.64. The Kier molecular flexibility index (Phi) is 7.16. The Morgan fingerprint density at radius 2 is 0.614 bits per heavy atom. The van der Waals surface area contributed by atoms with Crippen molar-refractivity contribution in [3.8, 4) is 0 Å². The number of amides is 4. The fraction of sp³-hybridized carbons (Fsp3) is 0.316. The van der Waals surface area contributed by atoms with Gasteiger partial charge in [-0.3, -0.25) is 29.0 Å². The molecule has 0 fully saturated rings. The van der Waals surface area contributed by atoms with Crippen molar-refractivity contribution >= 4 is 66.7 Å². The van der Waals surface area contributed by atoms with E-state index in [9.17, 15) is 19.2 Å². The van der Waals surface area contributed by atoms with Crippen LogP contribution in [-0.4, -0.2) is 46.5 Å². The predicted octanol–water partition coefficient (Wildman–Crippen LogP) is 8.65. The molecule has 4 amide bonds. The van der Waals surface area contributed by atoms with Crippen LogP contribution in [0.25, 0.3) is 43.1 Å². The molecule has 5 aromatic rings. The van der Waals surface area contributed by atoms with E-state index in [-0.39, 0.29) is 23.6 Å². The number of carbonyl (C=O) groups excluding carboxylic acids is 4. The Bertz CT molecular complexity index is 1770. The molecule has 7 rings (SSSR count). The smallest absolute Gasteiger partial charge is 0.261 e. The van der Waals surface area contributed by atoms with Gasteiger partial charge < -0.3 is 0 Å². The normalized spacial score (nSPS) is 14.7. The van der Waals surface area contributed by atoms with E-state index in [0.29, 0.717) is 35.3 Å². The summed E-state index contributed by atoms with van der Waals surface area (Å²) in [6, 6.07) is 20.0. The summed E-state index contributed by atoms with van der Waals surface area (Å²) in [7, 11) is 0. The first-order valence-corrected chi connectivity index (χ1v) is 16.0. The monoisotopic (exact) mass is 584 g/mol. The lowest BCUT2D eigenvalue weighted by Gasteiger charge is -2.13. The van der Waals surface area contributed by atoms with E-state index < -0.39 is 0 Å². The zero-order chi connectivity index (χ0) is 30.5. The summed E-state index contributed by atoms with van der Waals surface area (Å²) in [4.78, 5) is 55.4. The van der Waals surface area contributed by atoms with Crippen LogP contribution in [0.4, 0.5) is 0 Å². The topological polar surface area (TPSA) is 74.8 Å². The number of rotatable bonds is 10. The molecule has 0 aromatic heterocycles. The van der Waals surface area contributed by atoms with Crippen molar-refractivity contribution in [3.63, 3.8) is 0 Å². The Morgan fingerprint density at radius 3 is 0.864 bits per heavy atom. The van der Waals surface area contributed by atoms with Crippen molar-refractivity contribution < 1.29 is 19.2 Å². The quantitative estimate of drug-likeness (QED) is 0.0935. The zero-order valence-corrected chi connectivity index (χ0v) is 25.4. The molecule has 44 heavy (non-hydrogen) atoms. The van der Waals surface area contributed by atoms with Gasteiger partial charge >= 0.3 is 0 Å². The Morgan fingerprint density at radius 1 is 0.364 bits per heavy atom. The largest absolute Gasteiger partial charge is 0.274 e. The molecule has 0 bridgehead atoms. The van der Waals surface area contributed by atoms with Gasteiger partial charge in [-0.1, -0.05) is 52.4 Å². The highest BCUT2D eigenvalue weighted by atomic mass is 16.2. The third-order valence-corrected chi connectivity index (χ3v) is 9.35. The van der Waals surface area contributed by atoms with Gasteiger partial charge in [-0.2, -0.15) is 0 Å². The minimum Gasteiger partial charge on any atom is -0.274 e. The summed E-state index contributed by atoms with van der Waals surface area (Å²) < 4.78 is 0. The van der Waals surface area contributed by atoms with Crippen molar-refractivity contribution in [1.29, 1.82) is 0 Å². The van der Waals surface area contributed by atoms with E-state index in [1.807, 2.05) is 24.3 Å². The number of unbranched alkanes of at least 4 members (excludes halogenated alkanes) is 6. The van der Waals surface area contributed by atoms with Crippen LogP contribution in [0.5, 0.6) is 0 Å². The van der Waals surface area contributed by atoms with Crippen molar-refractivity contribution in [3.05, 3.63) is 82.9 Å². The molecule has 0 unspecified atom stereocenters. The maximum atomic E-state index is 13.2. The fourth-order valence-electron chi connectivity index (χ4n) is 6.88. The lowest BCUT2D eigenvalue weighted by Crippen LogP contribution is -2.30. The second kappa shape index (κ2) is 11.2. The van der Waals surface area contributed by atoms with Gasteiger partial charge in [0, 0.05) is 13.1 Å². The van der Waals surface area contributed by atoms with Gasteiger partial charge in [0.25, 0.3) is 23.6 Å². The molecular formula is C38H36N2O4. The zero-order valence-electron chi connectivity index (χ0n) is 25.4. The summed E-state index contributed by atoms with van der Waals surface area (Å²) in [5, 5.41) is 7.81. The Labute approximate surface area is 256 Å². The Hall–Kier alpha value is -4.58. The van der Waals surface area contributed by atoms with Gasteiger partial charge in [0.15, 0.2) is 0 Å². The molecule has 2 aliphatic heterocycles. The molecule has 2 heterocycles. The summed E-state index contributed by atoms with van der Waals surface area (Å²) in [5.74, 6) is -0.802. The van der Waals surface area contributed by atoms with Crippen molar-refractivity contribution in [2.45, 2.75) is 65.2 Å². The van der Waals surface area contributed by atoms with Crippen LogP contribution in [0.3, 0.4) is 0 Å².